The lowest BCUT2D eigenvalue weighted by Crippen LogP contribution is -2.36. The topological polar surface area (TPSA) is 59.8 Å². The molecule has 146 valence electrons. The summed E-state index contributed by atoms with van der Waals surface area (Å²) >= 11 is 0. The van der Waals surface area contributed by atoms with E-state index in [4.69, 9.17) is 10.1 Å². The quantitative estimate of drug-likeness (QED) is 0.720. The highest BCUT2D eigenvalue weighted by Crippen LogP contribution is 2.26. The monoisotopic (exact) mass is 376 g/mol. The molecule has 1 fully saturated rings. The van der Waals surface area contributed by atoms with Gasteiger partial charge in [0.05, 0.1) is 22.3 Å². The fourth-order valence-electron chi connectivity index (χ4n) is 4.16. The summed E-state index contributed by atoms with van der Waals surface area (Å²) < 4.78 is 1.86. The van der Waals surface area contributed by atoms with E-state index in [-0.39, 0.29) is 11.9 Å². The van der Waals surface area contributed by atoms with Gasteiger partial charge in [-0.2, -0.15) is 5.10 Å². The Balaban J connectivity index is 1.75. The van der Waals surface area contributed by atoms with Gasteiger partial charge in [0.15, 0.2) is 5.65 Å². The minimum atomic E-state index is -0.00798. The average Bonchev–Trinajstić information content (AvgIpc) is 3.04. The van der Waals surface area contributed by atoms with Gasteiger partial charge in [-0.3, -0.25) is 4.79 Å². The molecule has 1 aliphatic carbocycles. The van der Waals surface area contributed by atoms with Crippen molar-refractivity contribution in [2.75, 3.05) is 0 Å². The van der Waals surface area contributed by atoms with Crippen molar-refractivity contribution in [2.45, 2.75) is 65.3 Å². The summed E-state index contributed by atoms with van der Waals surface area (Å²) in [7, 11) is 0. The van der Waals surface area contributed by atoms with Gasteiger partial charge in [0.2, 0.25) is 0 Å². The second kappa shape index (κ2) is 7.74. The molecule has 4 rings (SSSR count). The first-order chi connectivity index (χ1) is 13.6. The first-order valence-electron chi connectivity index (χ1n) is 10.3. The third-order valence-electron chi connectivity index (χ3n) is 5.72. The molecule has 1 amide bonds. The molecule has 1 N–H and O–H groups in total. The number of amides is 1. The van der Waals surface area contributed by atoms with E-state index in [1.54, 1.807) is 0 Å². The average molecular weight is 377 g/mol. The maximum Gasteiger partial charge on any atom is 0.252 e. The summed E-state index contributed by atoms with van der Waals surface area (Å²) in [4.78, 5) is 17.8. The molecular weight excluding hydrogens is 348 g/mol. The van der Waals surface area contributed by atoms with E-state index < -0.39 is 0 Å². The van der Waals surface area contributed by atoms with Gasteiger partial charge in [-0.05, 0) is 56.9 Å². The van der Waals surface area contributed by atoms with Crippen molar-refractivity contribution in [1.29, 1.82) is 0 Å². The fourth-order valence-corrected chi connectivity index (χ4v) is 4.16. The second-order valence-electron chi connectivity index (χ2n) is 7.84. The van der Waals surface area contributed by atoms with Crippen LogP contribution in [0.2, 0.25) is 0 Å². The molecule has 2 heterocycles. The highest BCUT2D eigenvalue weighted by Gasteiger charge is 2.22. The summed E-state index contributed by atoms with van der Waals surface area (Å²) in [6.45, 7) is 6.03. The molecule has 0 bridgehead atoms. The summed E-state index contributed by atoms with van der Waals surface area (Å²) in [6.07, 6.45) is 6.80. The number of aryl methyl sites for hydroxylation is 3. The summed E-state index contributed by atoms with van der Waals surface area (Å²) in [6, 6.07) is 10.5. The normalized spacial score (nSPS) is 15.1. The van der Waals surface area contributed by atoms with E-state index in [1.807, 2.05) is 24.6 Å². The highest BCUT2D eigenvalue weighted by atomic mass is 16.1. The number of pyridine rings is 1. The first-order valence-corrected chi connectivity index (χ1v) is 10.3. The van der Waals surface area contributed by atoms with Crippen LogP contribution < -0.4 is 5.32 Å². The Labute approximate surface area is 166 Å². The smallest absolute Gasteiger partial charge is 0.252 e. The Morgan fingerprint density at radius 1 is 1.14 bits per heavy atom. The zero-order valence-electron chi connectivity index (χ0n) is 17.0. The Morgan fingerprint density at radius 3 is 2.54 bits per heavy atom. The van der Waals surface area contributed by atoms with Crippen molar-refractivity contribution in [3.8, 4) is 5.69 Å². The summed E-state index contributed by atoms with van der Waals surface area (Å²) in [5, 5.41) is 8.81. The Morgan fingerprint density at radius 2 is 1.86 bits per heavy atom. The number of hydrogen-bond donors (Lipinski definition) is 1. The maximum atomic E-state index is 13.1. The van der Waals surface area contributed by atoms with Crippen molar-refractivity contribution in [2.24, 2.45) is 0 Å². The van der Waals surface area contributed by atoms with Crippen molar-refractivity contribution < 1.29 is 4.79 Å². The van der Waals surface area contributed by atoms with E-state index in [1.165, 1.54) is 24.8 Å². The molecule has 5 heteroatoms. The van der Waals surface area contributed by atoms with Crippen LogP contribution in [0.25, 0.3) is 16.7 Å². The molecule has 0 unspecified atom stereocenters. The molecule has 0 saturated heterocycles. The van der Waals surface area contributed by atoms with Gasteiger partial charge in [0.1, 0.15) is 0 Å². The molecule has 0 aliphatic heterocycles. The SMILES string of the molecule is CCc1ccc(-n2nc(C)c3c(C(=O)NC4CCCCC4)cc(C)nc32)cc1. The van der Waals surface area contributed by atoms with Crippen molar-refractivity contribution in [1.82, 2.24) is 20.1 Å². The van der Waals surface area contributed by atoms with E-state index >= 15 is 0 Å². The predicted octanol–water partition coefficient (Wildman–Crippen LogP) is 4.66. The lowest BCUT2D eigenvalue weighted by atomic mass is 9.95. The van der Waals surface area contributed by atoms with Gasteiger partial charge in [0, 0.05) is 11.7 Å². The lowest BCUT2D eigenvalue weighted by molar-refractivity contribution is 0.0929. The predicted molar refractivity (Wildman–Crippen MR) is 112 cm³/mol. The molecule has 1 aliphatic rings. The third-order valence-corrected chi connectivity index (χ3v) is 5.72. The number of carbonyl (C=O) groups excluding carboxylic acids is 1. The zero-order valence-corrected chi connectivity index (χ0v) is 17.0. The van der Waals surface area contributed by atoms with Crippen LogP contribution in [-0.2, 0) is 6.42 Å². The van der Waals surface area contributed by atoms with Crippen molar-refractivity contribution in [3.05, 3.63) is 52.8 Å². The Kier molecular flexibility index (Phi) is 5.16. The number of carbonyl (C=O) groups is 1. The molecule has 3 aromatic rings. The molecule has 1 aromatic carbocycles. The van der Waals surface area contributed by atoms with Gasteiger partial charge in [-0.1, -0.05) is 38.3 Å². The van der Waals surface area contributed by atoms with Crippen LogP contribution in [0, 0.1) is 13.8 Å². The number of fused-ring (bicyclic) bond motifs is 1. The number of aromatic nitrogens is 3. The minimum Gasteiger partial charge on any atom is -0.349 e. The van der Waals surface area contributed by atoms with E-state index in [0.717, 1.165) is 47.4 Å². The summed E-state index contributed by atoms with van der Waals surface area (Å²) in [5.74, 6) is -0.00798. The number of hydrogen-bond acceptors (Lipinski definition) is 3. The largest absolute Gasteiger partial charge is 0.349 e. The fraction of sp³-hybridized carbons (Fsp3) is 0.435. The Bertz CT molecular complexity index is 998. The molecule has 28 heavy (non-hydrogen) atoms. The van der Waals surface area contributed by atoms with Crippen molar-refractivity contribution >= 4 is 16.9 Å². The lowest BCUT2D eigenvalue weighted by Gasteiger charge is -2.23. The molecule has 0 radical (unpaired) electrons. The van der Waals surface area contributed by atoms with Crippen LogP contribution >= 0.6 is 0 Å². The van der Waals surface area contributed by atoms with Crippen molar-refractivity contribution in [3.63, 3.8) is 0 Å². The minimum absolute atomic E-state index is 0.00798. The van der Waals surface area contributed by atoms with Crippen LogP contribution in [0.5, 0.6) is 0 Å². The molecule has 0 spiro atoms. The molecular formula is C23H28N4O. The van der Waals surface area contributed by atoms with E-state index in [9.17, 15) is 4.79 Å². The summed E-state index contributed by atoms with van der Waals surface area (Å²) in [5.41, 5.74) is 5.33. The third kappa shape index (κ3) is 3.53. The first kappa shape index (κ1) is 18.7. The molecule has 2 aromatic heterocycles. The van der Waals surface area contributed by atoms with Gasteiger partial charge in [-0.25, -0.2) is 9.67 Å². The van der Waals surface area contributed by atoms with E-state index in [0.29, 0.717) is 5.56 Å². The van der Waals surface area contributed by atoms with E-state index in [2.05, 4.69) is 36.5 Å². The van der Waals surface area contributed by atoms with Crippen LogP contribution in [0.1, 0.15) is 66.3 Å². The van der Waals surface area contributed by atoms with Gasteiger partial charge in [0.25, 0.3) is 5.91 Å². The standard InChI is InChI=1S/C23H28N4O/c1-4-17-10-12-19(13-11-17)27-22-21(16(3)26-27)20(14-15(2)24-22)23(28)25-18-8-6-5-7-9-18/h10-14,18H,4-9H2,1-3H3,(H,25,28). The maximum absolute atomic E-state index is 13.1. The van der Waals surface area contributed by atoms with Crippen LogP contribution in [0.15, 0.2) is 30.3 Å². The number of rotatable bonds is 4. The molecule has 5 nitrogen and oxygen atoms in total. The molecule has 1 saturated carbocycles. The van der Waals surface area contributed by atoms with Crippen LogP contribution in [0.3, 0.4) is 0 Å². The van der Waals surface area contributed by atoms with Crippen LogP contribution in [0.4, 0.5) is 0 Å². The number of nitrogens with zero attached hydrogens (tertiary/aromatic N) is 3. The molecule has 0 atom stereocenters. The van der Waals surface area contributed by atoms with Crippen LogP contribution in [-0.4, -0.2) is 26.7 Å². The Hall–Kier alpha value is -2.69. The highest BCUT2D eigenvalue weighted by molar-refractivity contribution is 6.06. The zero-order chi connectivity index (χ0) is 19.7. The van der Waals surface area contributed by atoms with Gasteiger partial charge < -0.3 is 5.32 Å². The second-order valence-corrected chi connectivity index (χ2v) is 7.84. The van der Waals surface area contributed by atoms with Gasteiger partial charge in [-0.15, -0.1) is 0 Å². The van der Waals surface area contributed by atoms with Gasteiger partial charge >= 0.3 is 0 Å². The number of nitrogens with one attached hydrogen (secondary N) is 1. The number of benzene rings is 1.